The Labute approximate surface area is 96.2 Å². The van der Waals surface area contributed by atoms with Crippen LogP contribution in [0.3, 0.4) is 0 Å². The molecule has 88 valence electrons. The van der Waals surface area contributed by atoms with Crippen LogP contribution in [-0.4, -0.2) is 43.0 Å². The van der Waals surface area contributed by atoms with Crippen LogP contribution in [0.4, 0.5) is 0 Å². The molecular formula is C12H18N2O2. The fourth-order valence-corrected chi connectivity index (χ4v) is 1.84. The van der Waals surface area contributed by atoms with E-state index in [0.29, 0.717) is 6.61 Å². The van der Waals surface area contributed by atoms with Crippen molar-refractivity contribution in [1.82, 2.24) is 9.88 Å². The van der Waals surface area contributed by atoms with E-state index in [2.05, 4.69) is 16.0 Å². The van der Waals surface area contributed by atoms with E-state index < -0.39 is 0 Å². The van der Waals surface area contributed by atoms with Gasteiger partial charge in [-0.25, -0.2) is 0 Å². The van der Waals surface area contributed by atoms with Crippen molar-refractivity contribution < 1.29 is 9.47 Å². The van der Waals surface area contributed by atoms with Crippen molar-refractivity contribution in [2.45, 2.75) is 19.7 Å². The second-order valence-corrected chi connectivity index (χ2v) is 4.04. The number of pyridine rings is 1. The molecule has 0 bridgehead atoms. The molecule has 0 amide bonds. The summed E-state index contributed by atoms with van der Waals surface area (Å²) >= 11 is 0. The first-order valence-electron chi connectivity index (χ1n) is 5.55. The highest BCUT2D eigenvalue weighted by Gasteiger charge is 2.22. The molecule has 0 spiro atoms. The van der Waals surface area contributed by atoms with Gasteiger partial charge in [-0.2, -0.15) is 0 Å². The molecule has 1 aliphatic heterocycles. The minimum Gasteiger partial charge on any atom is -0.376 e. The van der Waals surface area contributed by atoms with Gasteiger partial charge in [-0.15, -0.1) is 0 Å². The Bertz CT molecular complexity index is 326. The molecule has 2 heterocycles. The Morgan fingerprint density at radius 1 is 1.56 bits per heavy atom. The molecule has 4 heteroatoms. The SMILES string of the molecule is COC1COCCN1Cc1ccc(C)nc1. The molecule has 2 rings (SSSR count). The molecule has 1 aromatic heterocycles. The van der Waals surface area contributed by atoms with Gasteiger partial charge in [-0.1, -0.05) is 6.07 Å². The normalized spacial score (nSPS) is 22.2. The minimum absolute atomic E-state index is 0.0649. The summed E-state index contributed by atoms with van der Waals surface area (Å²) in [4.78, 5) is 6.57. The maximum absolute atomic E-state index is 5.38. The summed E-state index contributed by atoms with van der Waals surface area (Å²) in [6.45, 7) is 5.20. The van der Waals surface area contributed by atoms with Crippen LogP contribution in [0.5, 0.6) is 0 Å². The molecule has 4 nitrogen and oxygen atoms in total. The van der Waals surface area contributed by atoms with Crippen molar-refractivity contribution in [1.29, 1.82) is 0 Å². The molecule has 16 heavy (non-hydrogen) atoms. The summed E-state index contributed by atoms with van der Waals surface area (Å²) in [7, 11) is 1.72. The number of nitrogens with zero attached hydrogens (tertiary/aromatic N) is 2. The summed E-state index contributed by atoms with van der Waals surface area (Å²) in [6, 6.07) is 4.15. The highest BCUT2D eigenvalue weighted by atomic mass is 16.5. The van der Waals surface area contributed by atoms with Gasteiger partial charge < -0.3 is 9.47 Å². The van der Waals surface area contributed by atoms with Crippen LogP contribution in [-0.2, 0) is 16.0 Å². The Kier molecular flexibility index (Phi) is 3.88. The lowest BCUT2D eigenvalue weighted by Gasteiger charge is -2.34. The molecule has 0 N–H and O–H groups in total. The smallest absolute Gasteiger partial charge is 0.134 e. The van der Waals surface area contributed by atoms with E-state index in [1.165, 1.54) is 5.56 Å². The van der Waals surface area contributed by atoms with Gasteiger partial charge in [-0.05, 0) is 18.6 Å². The number of ether oxygens (including phenoxy) is 2. The molecule has 0 aliphatic carbocycles. The standard InChI is InChI=1S/C12H18N2O2/c1-10-3-4-11(7-13-10)8-14-5-6-16-9-12(14)15-2/h3-4,7,12H,5-6,8-9H2,1-2H3. The Balaban J connectivity index is 1.99. The number of aryl methyl sites for hydroxylation is 1. The highest BCUT2D eigenvalue weighted by Crippen LogP contribution is 2.12. The third-order valence-electron chi connectivity index (χ3n) is 2.82. The quantitative estimate of drug-likeness (QED) is 0.769. The molecule has 1 aliphatic rings. The Morgan fingerprint density at radius 3 is 3.12 bits per heavy atom. The van der Waals surface area contributed by atoms with Crippen molar-refractivity contribution in [2.75, 3.05) is 26.9 Å². The maximum Gasteiger partial charge on any atom is 0.134 e. The van der Waals surface area contributed by atoms with Gasteiger partial charge in [0.15, 0.2) is 0 Å². The predicted octanol–water partition coefficient (Wildman–Crippen LogP) is 1.19. The number of hydrogen-bond donors (Lipinski definition) is 0. The van der Waals surface area contributed by atoms with Gasteiger partial charge in [0.2, 0.25) is 0 Å². The summed E-state index contributed by atoms with van der Waals surface area (Å²) < 4.78 is 10.8. The van der Waals surface area contributed by atoms with Gasteiger partial charge in [0.25, 0.3) is 0 Å². The Morgan fingerprint density at radius 2 is 2.44 bits per heavy atom. The third kappa shape index (κ3) is 2.78. The molecule has 1 saturated heterocycles. The predicted molar refractivity (Wildman–Crippen MR) is 61.0 cm³/mol. The lowest BCUT2D eigenvalue weighted by Crippen LogP contribution is -2.45. The molecule has 1 atom stereocenters. The molecule has 0 radical (unpaired) electrons. The average molecular weight is 222 g/mol. The van der Waals surface area contributed by atoms with Crippen LogP contribution in [0.2, 0.25) is 0 Å². The van der Waals surface area contributed by atoms with Gasteiger partial charge in [0.05, 0.1) is 13.2 Å². The van der Waals surface area contributed by atoms with Gasteiger partial charge >= 0.3 is 0 Å². The van der Waals surface area contributed by atoms with Crippen LogP contribution >= 0.6 is 0 Å². The zero-order chi connectivity index (χ0) is 11.4. The topological polar surface area (TPSA) is 34.6 Å². The number of methoxy groups -OCH3 is 1. The van der Waals surface area contributed by atoms with Crippen molar-refractivity contribution in [3.05, 3.63) is 29.6 Å². The third-order valence-corrected chi connectivity index (χ3v) is 2.82. The van der Waals surface area contributed by atoms with Crippen LogP contribution < -0.4 is 0 Å². The molecule has 1 fully saturated rings. The Hall–Kier alpha value is -0.970. The van der Waals surface area contributed by atoms with E-state index in [1.807, 2.05) is 19.2 Å². The van der Waals surface area contributed by atoms with E-state index in [1.54, 1.807) is 7.11 Å². The zero-order valence-corrected chi connectivity index (χ0v) is 9.85. The molecule has 0 aromatic carbocycles. The fraction of sp³-hybridized carbons (Fsp3) is 0.583. The second kappa shape index (κ2) is 5.39. The lowest BCUT2D eigenvalue weighted by atomic mass is 10.2. The van der Waals surface area contributed by atoms with E-state index in [9.17, 15) is 0 Å². The minimum atomic E-state index is 0.0649. The average Bonchev–Trinajstić information content (AvgIpc) is 2.33. The zero-order valence-electron chi connectivity index (χ0n) is 9.85. The van der Waals surface area contributed by atoms with Crippen molar-refractivity contribution in [2.24, 2.45) is 0 Å². The summed E-state index contributed by atoms with van der Waals surface area (Å²) in [5, 5.41) is 0. The molecule has 1 unspecified atom stereocenters. The number of hydrogen-bond acceptors (Lipinski definition) is 4. The van der Waals surface area contributed by atoms with Crippen LogP contribution in [0.15, 0.2) is 18.3 Å². The monoisotopic (exact) mass is 222 g/mol. The summed E-state index contributed by atoms with van der Waals surface area (Å²) in [6.07, 6.45) is 1.99. The van der Waals surface area contributed by atoms with E-state index >= 15 is 0 Å². The van der Waals surface area contributed by atoms with E-state index in [0.717, 1.165) is 25.4 Å². The van der Waals surface area contributed by atoms with Crippen LogP contribution in [0.1, 0.15) is 11.3 Å². The molecular weight excluding hydrogens is 204 g/mol. The van der Waals surface area contributed by atoms with E-state index in [-0.39, 0.29) is 6.23 Å². The largest absolute Gasteiger partial charge is 0.376 e. The maximum atomic E-state index is 5.38. The van der Waals surface area contributed by atoms with Crippen molar-refractivity contribution >= 4 is 0 Å². The summed E-state index contributed by atoms with van der Waals surface area (Å²) in [5.74, 6) is 0. The van der Waals surface area contributed by atoms with Gasteiger partial charge in [0, 0.05) is 32.1 Å². The first-order chi connectivity index (χ1) is 7.79. The lowest BCUT2D eigenvalue weighted by molar-refractivity contribution is -0.127. The van der Waals surface area contributed by atoms with Crippen LogP contribution in [0.25, 0.3) is 0 Å². The number of rotatable bonds is 3. The highest BCUT2D eigenvalue weighted by molar-refractivity contribution is 5.13. The first-order valence-corrected chi connectivity index (χ1v) is 5.55. The second-order valence-electron chi connectivity index (χ2n) is 4.04. The fourth-order valence-electron chi connectivity index (χ4n) is 1.84. The summed E-state index contributed by atoms with van der Waals surface area (Å²) in [5.41, 5.74) is 2.27. The number of morpholine rings is 1. The molecule has 1 aromatic rings. The molecule has 0 saturated carbocycles. The van der Waals surface area contributed by atoms with Crippen molar-refractivity contribution in [3.63, 3.8) is 0 Å². The number of aromatic nitrogens is 1. The first kappa shape index (κ1) is 11.5. The van der Waals surface area contributed by atoms with Gasteiger partial charge in [0.1, 0.15) is 6.23 Å². The van der Waals surface area contributed by atoms with Crippen LogP contribution in [0, 0.1) is 6.92 Å². The van der Waals surface area contributed by atoms with Crippen molar-refractivity contribution in [3.8, 4) is 0 Å². The van der Waals surface area contributed by atoms with Gasteiger partial charge in [-0.3, -0.25) is 9.88 Å². The van der Waals surface area contributed by atoms with E-state index in [4.69, 9.17) is 9.47 Å².